The molecule has 0 fully saturated rings. The Kier molecular flexibility index (Phi) is 6.41. The van der Waals surface area contributed by atoms with Crippen LogP contribution < -0.4 is 0 Å². The predicted octanol–water partition coefficient (Wildman–Crippen LogP) is 3.08. The normalized spacial score (nSPS) is 13.1. The summed E-state index contributed by atoms with van der Waals surface area (Å²) in [6, 6.07) is 0. The van der Waals surface area contributed by atoms with Gasteiger partial charge >= 0.3 is 0 Å². The largest absolute Gasteiger partial charge is 0.110 e. The molecule has 0 aliphatic heterocycles. The van der Waals surface area contributed by atoms with Crippen molar-refractivity contribution < 1.29 is 0 Å². The molecule has 1 unspecified atom stereocenters. The van der Waals surface area contributed by atoms with Gasteiger partial charge in [0.2, 0.25) is 0 Å². The average molecular weight is 144 g/mol. The van der Waals surface area contributed by atoms with E-state index in [1.165, 1.54) is 25.2 Å². The molecule has 0 rings (SSSR count). The molecule has 0 nitrogen and oxygen atoms in total. The van der Waals surface area contributed by atoms with Gasteiger partial charge in [0.25, 0.3) is 0 Å². The molecule has 0 spiro atoms. The molecule has 0 aliphatic carbocycles. The third-order valence-electron chi connectivity index (χ3n) is 1.49. The second kappa shape index (κ2) is 6.29. The number of hydrogen-bond acceptors (Lipinski definition) is 0. The van der Waals surface area contributed by atoms with E-state index in [9.17, 15) is 0 Å². The molecule has 0 aliphatic rings. The monoisotopic (exact) mass is 144 g/mol. The molecule has 0 radical (unpaired) electrons. The van der Waals surface area contributed by atoms with E-state index in [0.29, 0.717) is 7.92 Å². The van der Waals surface area contributed by atoms with Gasteiger partial charge in [-0.05, 0) is 31.8 Å². The Morgan fingerprint density at radius 3 is 2.67 bits per heavy atom. The van der Waals surface area contributed by atoms with Crippen molar-refractivity contribution in [3.8, 4) is 0 Å². The Labute approximate surface area is 60.1 Å². The molecule has 54 valence electrons. The summed E-state index contributed by atoms with van der Waals surface area (Å²) >= 11 is 0. The quantitative estimate of drug-likeness (QED) is 0.316. The maximum absolute atomic E-state index is 3.69. The molecule has 0 saturated carbocycles. The van der Waals surface area contributed by atoms with Gasteiger partial charge in [-0.1, -0.05) is 13.0 Å². The van der Waals surface area contributed by atoms with Crippen LogP contribution in [0.4, 0.5) is 0 Å². The highest BCUT2D eigenvalue weighted by Crippen LogP contribution is 2.30. The molecule has 0 amide bonds. The minimum absolute atomic E-state index is 0.362. The van der Waals surface area contributed by atoms with E-state index in [2.05, 4.69) is 20.2 Å². The van der Waals surface area contributed by atoms with Crippen molar-refractivity contribution in [2.24, 2.45) is 0 Å². The first-order valence-corrected chi connectivity index (χ1v) is 5.76. The maximum atomic E-state index is 3.69. The molecular formula is C8H17P. The van der Waals surface area contributed by atoms with Gasteiger partial charge in [-0.25, -0.2) is 0 Å². The third kappa shape index (κ3) is 6.05. The Bertz CT molecular complexity index is 69.0. The molecule has 1 atom stereocenters. The summed E-state index contributed by atoms with van der Waals surface area (Å²) in [6.45, 7) is 8.34. The Hall–Kier alpha value is 0.170. The Morgan fingerprint density at radius 1 is 1.56 bits per heavy atom. The zero-order chi connectivity index (χ0) is 7.11. The molecule has 0 aromatic rings. The second-order valence-corrected chi connectivity index (χ2v) is 5.12. The Balaban J connectivity index is 2.96. The van der Waals surface area contributed by atoms with Crippen molar-refractivity contribution in [1.82, 2.24) is 0 Å². The number of hydrogen-bond donors (Lipinski definition) is 0. The van der Waals surface area contributed by atoms with Crippen LogP contribution in [0.1, 0.15) is 19.8 Å². The molecule has 0 bridgehead atoms. The van der Waals surface area contributed by atoms with E-state index >= 15 is 0 Å². The lowest BCUT2D eigenvalue weighted by Crippen LogP contribution is -1.83. The second-order valence-electron chi connectivity index (χ2n) is 2.33. The van der Waals surface area contributed by atoms with Crippen LogP contribution in [0.5, 0.6) is 0 Å². The fourth-order valence-corrected chi connectivity index (χ4v) is 1.70. The molecular weight excluding hydrogens is 127 g/mol. The van der Waals surface area contributed by atoms with Gasteiger partial charge in [0.15, 0.2) is 0 Å². The van der Waals surface area contributed by atoms with E-state index in [4.69, 9.17) is 0 Å². The zero-order valence-electron chi connectivity index (χ0n) is 6.56. The topological polar surface area (TPSA) is 0 Å². The fraction of sp³-hybridized carbons (Fsp3) is 0.750. The van der Waals surface area contributed by atoms with Gasteiger partial charge in [-0.3, -0.25) is 0 Å². The van der Waals surface area contributed by atoms with Crippen molar-refractivity contribution in [2.75, 3.05) is 19.0 Å². The van der Waals surface area contributed by atoms with Crippen LogP contribution in [0.3, 0.4) is 0 Å². The minimum atomic E-state index is 0.362. The van der Waals surface area contributed by atoms with Crippen LogP contribution in [-0.4, -0.2) is 19.0 Å². The number of rotatable bonds is 5. The molecule has 0 N–H and O–H groups in total. The summed E-state index contributed by atoms with van der Waals surface area (Å²) in [4.78, 5) is 0. The maximum Gasteiger partial charge on any atom is -0.0325 e. The molecule has 0 aromatic heterocycles. The lowest BCUT2D eigenvalue weighted by Gasteiger charge is -2.06. The average Bonchev–Trinajstić information content (AvgIpc) is 1.89. The molecule has 9 heavy (non-hydrogen) atoms. The lowest BCUT2D eigenvalue weighted by atomic mass is 10.3. The fourth-order valence-electron chi connectivity index (χ4n) is 0.664. The highest BCUT2D eigenvalue weighted by atomic mass is 31.1. The van der Waals surface area contributed by atoms with Crippen LogP contribution in [-0.2, 0) is 0 Å². The Morgan fingerprint density at radius 2 is 2.22 bits per heavy atom. The molecule has 0 aromatic carbocycles. The lowest BCUT2D eigenvalue weighted by molar-refractivity contribution is 0.966. The van der Waals surface area contributed by atoms with Crippen LogP contribution >= 0.6 is 7.92 Å². The summed E-state index contributed by atoms with van der Waals surface area (Å²) < 4.78 is 0. The summed E-state index contributed by atoms with van der Waals surface area (Å²) in [5, 5.41) is 0. The van der Waals surface area contributed by atoms with Crippen molar-refractivity contribution in [1.29, 1.82) is 0 Å². The molecule has 1 heteroatoms. The van der Waals surface area contributed by atoms with Gasteiger partial charge in [-0.15, -0.1) is 14.5 Å². The van der Waals surface area contributed by atoms with Crippen LogP contribution in [0.15, 0.2) is 12.7 Å². The van der Waals surface area contributed by atoms with Crippen LogP contribution in [0.25, 0.3) is 0 Å². The highest BCUT2D eigenvalue weighted by Gasteiger charge is 1.94. The smallest absolute Gasteiger partial charge is 0.0325 e. The van der Waals surface area contributed by atoms with E-state index in [-0.39, 0.29) is 0 Å². The van der Waals surface area contributed by atoms with Crippen molar-refractivity contribution >= 4 is 7.92 Å². The van der Waals surface area contributed by atoms with Crippen molar-refractivity contribution in [3.05, 3.63) is 12.7 Å². The highest BCUT2D eigenvalue weighted by molar-refractivity contribution is 7.56. The van der Waals surface area contributed by atoms with Crippen LogP contribution in [0.2, 0.25) is 0 Å². The first-order chi connectivity index (χ1) is 4.31. The van der Waals surface area contributed by atoms with Gasteiger partial charge in [0.1, 0.15) is 0 Å². The van der Waals surface area contributed by atoms with E-state index in [0.717, 1.165) is 0 Å². The number of allylic oxidation sites excluding steroid dienone is 1. The standard InChI is InChI=1S/C8H17P/c1-4-6-7-8-9(3)5-2/h4H,1,5-8H2,2-3H3. The summed E-state index contributed by atoms with van der Waals surface area (Å²) in [5.41, 5.74) is 0. The van der Waals surface area contributed by atoms with E-state index < -0.39 is 0 Å². The minimum Gasteiger partial charge on any atom is -0.110 e. The SMILES string of the molecule is C=CCCCP(C)CC. The van der Waals surface area contributed by atoms with Gasteiger partial charge in [0, 0.05) is 0 Å². The van der Waals surface area contributed by atoms with Crippen molar-refractivity contribution in [3.63, 3.8) is 0 Å². The van der Waals surface area contributed by atoms with Crippen LogP contribution in [0, 0.1) is 0 Å². The zero-order valence-corrected chi connectivity index (χ0v) is 7.45. The summed E-state index contributed by atoms with van der Waals surface area (Å²) in [5.74, 6) is 0. The summed E-state index contributed by atoms with van der Waals surface area (Å²) in [7, 11) is 0.362. The molecule has 0 saturated heterocycles. The van der Waals surface area contributed by atoms with Gasteiger partial charge < -0.3 is 0 Å². The predicted molar refractivity (Wildman–Crippen MR) is 47.7 cm³/mol. The van der Waals surface area contributed by atoms with E-state index in [1.54, 1.807) is 0 Å². The summed E-state index contributed by atoms with van der Waals surface area (Å²) in [6.07, 6.45) is 7.37. The van der Waals surface area contributed by atoms with E-state index in [1.807, 2.05) is 6.08 Å². The number of unbranched alkanes of at least 4 members (excludes halogenated alkanes) is 1. The third-order valence-corrected chi connectivity index (χ3v) is 3.65. The molecule has 0 heterocycles. The first-order valence-electron chi connectivity index (χ1n) is 3.60. The van der Waals surface area contributed by atoms with Crippen molar-refractivity contribution in [2.45, 2.75) is 19.8 Å². The van der Waals surface area contributed by atoms with Gasteiger partial charge in [0.05, 0.1) is 0 Å². The van der Waals surface area contributed by atoms with Gasteiger partial charge in [-0.2, -0.15) is 0 Å². The first kappa shape index (κ1) is 9.17.